The molecule has 3 rings (SSSR count). The molecule has 2 N–H and O–H groups in total. The lowest BCUT2D eigenvalue weighted by molar-refractivity contribution is -0.132. The number of methoxy groups -OCH3 is 1. The average Bonchev–Trinajstić information content (AvgIpc) is 2.92. The summed E-state index contributed by atoms with van der Waals surface area (Å²) in [5.74, 6) is -0.509. The Labute approximate surface area is 110 Å². The number of hydrogen-bond acceptors (Lipinski definition) is 4. The van der Waals surface area contributed by atoms with Gasteiger partial charge in [-0.25, -0.2) is 4.79 Å². The Morgan fingerprint density at radius 3 is 2.95 bits per heavy atom. The van der Waals surface area contributed by atoms with Crippen LogP contribution < -0.4 is 5.32 Å². The maximum atomic E-state index is 12.0. The predicted molar refractivity (Wildman–Crippen MR) is 66.5 cm³/mol. The summed E-state index contributed by atoms with van der Waals surface area (Å²) in [5.41, 5.74) is 1.29. The number of fused-ring (bicyclic) bond motifs is 1. The fourth-order valence-electron chi connectivity index (χ4n) is 3.12. The molecule has 1 aliphatic heterocycles. The summed E-state index contributed by atoms with van der Waals surface area (Å²) in [7, 11) is 1.33. The van der Waals surface area contributed by atoms with E-state index in [4.69, 9.17) is 0 Å². The van der Waals surface area contributed by atoms with Gasteiger partial charge in [-0.15, -0.1) is 0 Å². The molecule has 2 unspecified atom stereocenters. The number of hydrogen-bond donors (Lipinski definition) is 2. The van der Waals surface area contributed by atoms with Crippen LogP contribution in [0.25, 0.3) is 0 Å². The molecule has 0 saturated carbocycles. The van der Waals surface area contributed by atoms with Gasteiger partial charge in [0.15, 0.2) is 0 Å². The zero-order valence-electron chi connectivity index (χ0n) is 10.6. The highest BCUT2D eigenvalue weighted by Crippen LogP contribution is 2.50. The number of benzene rings is 1. The van der Waals surface area contributed by atoms with E-state index in [1.807, 2.05) is 0 Å². The van der Waals surface area contributed by atoms with Gasteiger partial charge in [-0.3, -0.25) is 4.79 Å². The second kappa shape index (κ2) is 4.06. The molecule has 1 aliphatic carbocycles. The molecule has 1 aromatic carbocycles. The van der Waals surface area contributed by atoms with Crippen LogP contribution in [0.5, 0.6) is 0 Å². The molecule has 1 saturated heterocycles. The summed E-state index contributed by atoms with van der Waals surface area (Å²) in [6, 6.07) is 5.05. The molecule has 2 aliphatic rings. The van der Waals surface area contributed by atoms with Crippen LogP contribution in [-0.4, -0.2) is 30.6 Å². The smallest absolute Gasteiger partial charge is 0.337 e. The van der Waals surface area contributed by atoms with Crippen LogP contribution in [0, 0.1) is 5.41 Å². The number of amides is 1. The molecule has 1 amide bonds. The number of aliphatic hydroxyl groups excluding tert-OH is 1. The number of aliphatic hydroxyl groups is 1. The Kier molecular flexibility index (Phi) is 2.60. The van der Waals surface area contributed by atoms with E-state index >= 15 is 0 Å². The fourth-order valence-corrected chi connectivity index (χ4v) is 3.12. The van der Waals surface area contributed by atoms with Crippen LogP contribution in [0.3, 0.4) is 0 Å². The third-order valence-corrected chi connectivity index (χ3v) is 4.20. The van der Waals surface area contributed by atoms with Crippen molar-refractivity contribution in [2.45, 2.75) is 18.9 Å². The number of carbonyl (C=O) groups excluding carboxylic acids is 2. The molecule has 0 radical (unpaired) electrons. The zero-order chi connectivity index (χ0) is 13.6. The van der Waals surface area contributed by atoms with Crippen molar-refractivity contribution in [3.8, 4) is 0 Å². The third-order valence-electron chi connectivity index (χ3n) is 4.20. The minimum absolute atomic E-state index is 0.101. The molecule has 5 nitrogen and oxygen atoms in total. The van der Waals surface area contributed by atoms with Gasteiger partial charge in [0.25, 0.3) is 0 Å². The van der Waals surface area contributed by atoms with Crippen molar-refractivity contribution < 1.29 is 19.4 Å². The van der Waals surface area contributed by atoms with E-state index in [0.29, 0.717) is 24.9 Å². The predicted octanol–water partition coefficient (Wildman–Crippen LogP) is 0.569. The van der Waals surface area contributed by atoms with Gasteiger partial charge in [-0.1, -0.05) is 6.07 Å². The lowest BCUT2D eigenvalue weighted by Gasteiger charge is -2.23. The Morgan fingerprint density at radius 1 is 1.53 bits per heavy atom. The van der Waals surface area contributed by atoms with Crippen molar-refractivity contribution in [1.29, 1.82) is 0 Å². The topological polar surface area (TPSA) is 75.6 Å². The third kappa shape index (κ3) is 1.58. The molecule has 1 heterocycles. The Hall–Kier alpha value is -1.88. The molecule has 1 fully saturated rings. The Morgan fingerprint density at radius 2 is 2.32 bits per heavy atom. The maximum absolute atomic E-state index is 12.0. The van der Waals surface area contributed by atoms with Gasteiger partial charge >= 0.3 is 5.97 Å². The van der Waals surface area contributed by atoms with Crippen molar-refractivity contribution in [2.24, 2.45) is 5.41 Å². The SMILES string of the molecule is COC(=O)c1ccc2c(c1)CC1(CCNC1=O)C2O. The quantitative estimate of drug-likeness (QED) is 0.725. The lowest BCUT2D eigenvalue weighted by atomic mass is 9.81. The van der Waals surface area contributed by atoms with E-state index in [0.717, 1.165) is 11.1 Å². The molecule has 2 atom stereocenters. The van der Waals surface area contributed by atoms with E-state index in [1.165, 1.54) is 7.11 Å². The lowest BCUT2D eigenvalue weighted by Crippen LogP contribution is -2.34. The summed E-state index contributed by atoms with van der Waals surface area (Å²) in [5, 5.41) is 13.2. The second-order valence-electron chi connectivity index (χ2n) is 5.15. The van der Waals surface area contributed by atoms with Gasteiger partial charge in [-0.2, -0.15) is 0 Å². The van der Waals surface area contributed by atoms with Crippen LogP contribution >= 0.6 is 0 Å². The number of nitrogens with one attached hydrogen (secondary N) is 1. The summed E-state index contributed by atoms with van der Waals surface area (Å²) in [4.78, 5) is 23.5. The van der Waals surface area contributed by atoms with E-state index in [2.05, 4.69) is 10.1 Å². The van der Waals surface area contributed by atoms with E-state index in [1.54, 1.807) is 18.2 Å². The standard InChI is InChI=1S/C14H15NO4/c1-19-12(17)8-2-3-10-9(6-8)7-14(11(10)16)4-5-15-13(14)18/h2-3,6,11,16H,4-5,7H2,1H3,(H,15,18). The summed E-state index contributed by atoms with van der Waals surface area (Å²) in [6.07, 6.45) is 0.298. The molecule has 1 spiro atoms. The van der Waals surface area contributed by atoms with Crippen molar-refractivity contribution >= 4 is 11.9 Å². The van der Waals surface area contributed by atoms with E-state index in [9.17, 15) is 14.7 Å². The van der Waals surface area contributed by atoms with Crippen LogP contribution in [0.4, 0.5) is 0 Å². The van der Waals surface area contributed by atoms with E-state index in [-0.39, 0.29) is 5.91 Å². The monoisotopic (exact) mass is 261 g/mol. The normalized spacial score (nSPS) is 28.3. The molecule has 0 aromatic heterocycles. The first-order valence-corrected chi connectivity index (χ1v) is 6.26. The molecule has 5 heteroatoms. The van der Waals surface area contributed by atoms with Crippen LogP contribution in [0.15, 0.2) is 18.2 Å². The highest BCUT2D eigenvalue weighted by molar-refractivity contribution is 5.91. The van der Waals surface area contributed by atoms with Crippen molar-refractivity contribution in [1.82, 2.24) is 5.32 Å². The van der Waals surface area contributed by atoms with Gasteiger partial charge in [-0.05, 0) is 36.1 Å². The first kappa shape index (κ1) is 12.2. The first-order valence-electron chi connectivity index (χ1n) is 6.26. The minimum Gasteiger partial charge on any atom is -0.465 e. The van der Waals surface area contributed by atoms with Gasteiger partial charge in [0.05, 0.1) is 24.2 Å². The highest BCUT2D eigenvalue weighted by Gasteiger charge is 2.53. The van der Waals surface area contributed by atoms with Crippen molar-refractivity contribution in [3.05, 3.63) is 34.9 Å². The van der Waals surface area contributed by atoms with Gasteiger partial charge in [0, 0.05) is 6.54 Å². The van der Waals surface area contributed by atoms with Crippen molar-refractivity contribution in [2.75, 3.05) is 13.7 Å². The molecular formula is C14H15NO4. The molecule has 0 bridgehead atoms. The maximum Gasteiger partial charge on any atom is 0.337 e. The number of rotatable bonds is 1. The second-order valence-corrected chi connectivity index (χ2v) is 5.15. The molecular weight excluding hydrogens is 246 g/mol. The largest absolute Gasteiger partial charge is 0.465 e. The molecule has 100 valence electrons. The highest BCUT2D eigenvalue weighted by atomic mass is 16.5. The van der Waals surface area contributed by atoms with Gasteiger partial charge < -0.3 is 15.2 Å². The Balaban J connectivity index is 2.01. The van der Waals surface area contributed by atoms with E-state index < -0.39 is 17.5 Å². The summed E-state index contributed by atoms with van der Waals surface area (Å²) < 4.78 is 4.68. The van der Waals surface area contributed by atoms with Crippen LogP contribution in [-0.2, 0) is 16.0 Å². The zero-order valence-corrected chi connectivity index (χ0v) is 10.6. The number of ether oxygens (including phenoxy) is 1. The van der Waals surface area contributed by atoms with Gasteiger partial charge in [0.2, 0.25) is 5.91 Å². The number of esters is 1. The summed E-state index contributed by atoms with van der Waals surface area (Å²) >= 11 is 0. The number of carbonyl (C=O) groups is 2. The minimum atomic E-state index is -0.795. The molecule has 19 heavy (non-hydrogen) atoms. The Bertz CT molecular complexity index is 569. The first-order chi connectivity index (χ1) is 9.08. The van der Waals surface area contributed by atoms with Gasteiger partial charge in [0.1, 0.15) is 0 Å². The fraction of sp³-hybridized carbons (Fsp3) is 0.429. The summed E-state index contributed by atoms with van der Waals surface area (Å²) in [6.45, 7) is 0.591. The molecule has 1 aromatic rings. The van der Waals surface area contributed by atoms with Crippen LogP contribution in [0.2, 0.25) is 0 Å². The van der Waals surface area contributed by atoms with Crippen LogP contribution in [0.1, 0.15) is 34.0 Å². The average molecular weight is 261 g/mol. The van der Waals surface area contributed by atoms with Crippen molar-refractivity contribution in [3.63, 3.8) is 0 Å².